The van der Waals surface area contributed by atoms with Crippen LogP contribution in [0.2, 0.25) is 0 Å². The minimum absolute atomic E-state index is 0. The molecule has 7 heteroatoms. The van der Waals surface area contributed by atoms with Crippen LogP contribution in [-0.4, -0.2) is 19.3 Å². The first-order valence-corrected chi connectivity index (χ1v) is 4.48. The molecule has 0 aromatic carbocycles. The Morgan fingerprint density at radius 2 is 1.79 bits per heavy atom. The van der Waals surface area contributed by atoms with Crippen LogP contribution in [0, 0.1) is 5.92 Å². The Bertz CT molecular complexity index is 194. The molecule has 1 rings (SSSR count). The third-order valence-electron chi connectivity index (χ3n) is 2.23. The zero-order valence-electron chi connectivity index (χ0n) is 8.23. The molecule has 0 spiro atoms. The monoisotopic (exact) mass is 233 g/mol. The van der Waals surface area contributed by atoms with E-state index >= 15 is 0 Å². The Balaban J connectivity index is 0.00000169. The Kier molecular flexibility index (Phi) is 6.97. The van der Waals surface area contributed by atoms with Gasteiger partial charge in [-0.05, 0) is 19.3 Å². The van der Waals surface area contributed by atoms with Gasteiger partial charge in [-0.15, -0.1) is 0 Å². The standard InChI is InChI=1S/C7H12BF3NO.K/c9-8(10,11)5-12-7(13)6-3-1-2-4-6;/h6H,1-5H2,(H,12,13);/q-1;+1. The number of carbonyl (C=O) groups is 1. The molecule has 2 nitrogen and oxygen atoms in total. The summed E-state index contributed by atoms with van der Waals surface area (Å²) in [6.45, 7) is -4.88. The molecule has 0 bridgehead atoms. The maximum Gasteiger partial charge on any atom is 1.00 e. The van der Waals surface area contributed by atoms with Crippen LogP contribution >= 0.6 is 0 Å². The summed E-state index contributed by atoms with van der Waals surface area (Å²) in [5, 5.41) is 1.93. The van der Waals surface area contributed by atoms with Crippen LogP contribution in [0.5, 0.6) is 0 Å². The zero-order chi connectivity index (χ0) is 9.90. The van der Waals surface area contributed by atoms with E-state index in [-0.39, 0.29) is 57.3 Å². The number of amides is 1. The van der Waals surface area contributed by atoms with Crippen molar-refractivity contribution >= 4 is 12.9 Å². The Morgan fingerprint density at radius 3 is 2.21 bits per heavy atom. The Labute approximate surface area is 124 Å². The van der Waals surface area contributed by atoms with E-state index in [0.29, 0.717) is 0 Å². The summed E-state index contributed by atoms with van der Waals surface area (Å²) in [5.41, 5.74) is 0. The Hall–Kier alpha value is 0.961. The molecule has 0 aromatic rings. The van der Waals surface area contributed by atoms with Gasteiger partial charge in [-0.25, -0.2) is 0 Å². The van der Waals surface area contributed by atoms with E-state index in [1.165, 1.54) is 0 Å². The van der Waals surface area contributed by atoms with Crippen LogP contribution in [0.15, 0.2) is 0 Å². The quantitative estimate of drug-likeness (QED) is 0.602. The second kappa shape index (κ2) is 6.52. The third kappa shape index (κ3) is 5.75. The molecule has 1 amide bonds. The summed E-state index contributed by atoms with van der Waals surface area (Å²) in [4.78, 5) is 11.1. The van der Waals surface area contributed by atoms with Gasteiger partial charge in [-0.3, -0.25) is 4.79 Å². The fourth-order valence-electron chi connectivity index (χ4n) is 1.55. The summed E-state index contributed by atoms with van der Waals surface area (Å²) >= 11 is 0. The molecule has 1 saturated carbocycles. The van der Waals surface area contributed by atoms with Gasteiger partial charge in [0.2, 0.25) is 5.91 Å². The van der Waals surface area contributed by atoms with Crippen LogP contribution in [0.3, 0.4) is 0 Å². The topological polar surface area (TPSA) is 29.1 Å². The van der Waals surface area contributed by atoms with Crippen molar-refractivity contribution in [1.82, 2.24) is 5.32 Å². The number of nitrogens with one attached hydrogen (secondary N) is 1. The van der Waals surface area contributed by atoms with Crippen molar-refractivity contribution in [2.45, 2.75) is 25.7 Å². The molecular formula is C7H12BF3KNO. The molecule has 0 atom stereocenters. The number of carbonyl (C=O) groups excluding carboxylic acids is 1. The largest absolute Gasteiger partial charge is 1.00 e. The predicted octanol–water partition coefficient (Wildman–Crippen LogP) is -1.32. The minimum Gasteiger partial charge on any atom is -0.448 e. The van der Waals surface area contributed by atoms with Gasteiger partial charge in [0.15, 0.2) is 0 Å². The van der Waals surface area contributed by atoms with Crippen molar-refractivity contribution in [3.63, 3.8) is 0 Å². The summed E-state index contributed by atoms with van der Waals surface area (Å²) in [5.74, 6) is -0.616. The van der Waals surface area contributed by atoms with Crippen LogP contribution in [-0.2, 0) is 4.79 Å². The van der Waals surface area contributed by atoms with Gasteiger partial charge in [0.1, 0.15) is 0 Å². The zero-order valence-corrected chi connectivity index (χ0v) is 11.4. The van der Waals surface area contributed by atoms with Crippen LogP contribution < -0.4 is 56.7 Å². The van der Waals surface area contributed by atoms with E-state index in [4.69, 9.17) is 0 Å². The van der Waals surface area contributed by atoms with E-state index in [1.54, 1.807) is 0 Å². The first-order chi connectivity index (χ1) is 5.99. The summed E-state index contributed by atoms with van der Waals surface area (Å²) in [6, 6.07) is 0. The van der Waals surface area contributed by atoms with Crippen molar-refractivity contribution in [3.05, 3.63) is 0 Å². The number of halogens is 3. The van der Waals surface area contributed by atoms with Crippen molar-refractivity contribution in [2.75, 3.05) is 6.44 Å². The molecular weight excluding hydrogens is 221 g/mol. The molecule has 1 aliphatic rings. The number of hydrogen-bond acceptors (Lipinski definition) is 1. The molecule has 0 aromatic heterocycles. The van der Waals surface area contributed by atoms with E-state index in [2.05, 4.69) is 0 Å². The smallest absolute Gasteiger partial charge is 0.448 e. The van der Waals surface area contributed by atoms with E-state index in [9.17, 15) is 17.7 Å². The van der Waals surface area contributed by atoms with Crippen LogP contribution in [0.1, 0.15) is 25.7 Å². The van der Waals surface area contributed by atoms with Gasteiger partial charge in [-0.1, -0.05) is 12.8 Å². The van der Waals surface area contributed by atoms with Gasteiger partial charge < -0.3 is 18.3 Å². The third-order valence-corrected chi connectivity index (χ3v) is 2.23. The summed E-state index contributed by atoms with van der Waals surface area (Å²) in [7, 11) is 0. The molecule has 1 N–H and O–H groups in total. The molecule has 0 heterocycles. The average Bonchev–Trinajstić information content (AvgIpc) is 2.50. The molecule has 0 radical (unpaired) electrons. The molecule has 0 aliphatic heterocycles. The fourth-order valence-corrected chi connectivity index (χ4v) is 1.55. The van der Waals surface area contributed by atoms with E-state index < -0.39 is 19.3 Å². The van der Waals surface area contributed by atoms with Crippen molar-refractivity contribution in [1.29, 1.82) is 0 Å². The molecule has 1 aliphatic carbocycles. The molecule has 0 unspecified atom stereocenters. The minimum atomic E-state index is -4.88. The van der Waals surface area contributed by atoms with Gasteiger partial charge in [0.05, 0.1) is 0 Å². The van der Waals surface area contributed by atoms with Crippen molar-refractivity contribution in [2.24, 2.45) is 5.92 Å². The van der Waals surface area contributed by atoms with Crippen LogP contribution in [0.25, 0.3) is 0 Å². The van der Waals surface area contributed by atoms with E-state index in [0.717, 1.165) is 25.7 Å². The molecule has 0 saturated heterocycles. The van der Waals surface area contributed by atoms with Gasteiger partial charge in [-0.2, -0.15) is 0 Å². The first-order valence-electron chi connectivity index (χ1n) is 4.48. The SMILES string of the molecule is O=C(NC[B-](F)(F)F)C1CCCC1.[K+]. The van der Waals surface area contributed by atoms with E-state index in [1.807, 2.05) is 5.32 Å². The average molecular weight is 233 g/mol. The van der Waals surface area contributed by atoms with Crippen molar-refractivity contribution in [3.8, 4) is 0 Å². The number of hydrogen-bond donors (Lipinski definition) is 1. The maximum absolute atomic E-state index is 11.8. The Morgan fingerprint density at radius 1 is 1.29 bits per heavy atom. The normalized spacial score (nSPS) is 17.6. The van der Waals surface area contributed by atoms with Gasteiger partial charge in [0.25, 0.3) is 0 Å². The first kappa shape index (κ1) is 15.0. The molecule has 1 fully saturated rings. The predicted molar refractivity (Wildman–Crippen MR) is 44.0 cm³/mol. The second-order valence-corrected chi connectivity index (χ2v) is 3.44. The molecule has 14 heavy (non-hydrogen) atoms. The number of rotatable bonds is 3. The summed E-state index contributed by atoms with van der Waals surface area (Å²) < 4.78 is 35.3. The van der Waals surface area contributed by atoms with Crippen LogP contribution in [0.4, 0.5) is 12.9 Å². The fraction of sp³-hybridized carbons (Fsp3) is 0.857. The van der Waals surface area contributed by atoms with Gasteiger partial charge >= 0.3 is 58.4 Å². The molecule has 76 valence electrons. The second-order valence-electron chi connectivity index (χ2n) is 3.44. The van der Waals surface area contributed by atoms with Gasteiger partial charge in [0, 0.05) is 5.92 Å². The summed E-state index contributed by atoms with van der Waals surface area (Å²) in [6.07, 6.45) is 2.23. The maximum atomic E-state index is 11.8. The van der Waals surface area contributed by atoms with Crippen molar-refractivity contribution < 1.29 is 69.1 Å².